The minimum absolute atomic E-state index is 0.199. The molecule has 1 aromatic heterocycles. The predicted octanol–water partition coefficient (Wildman–Crippen LogP) is 5.16. The minimum atomic E-state index is -1.82. The summed E-state index contributed by atoms with van der Waals surface area (Å²) in [5.41, 5.74) is 5.26. The molecule has 44 heavy (non-hydrogen) atoms. The number of aliphatic carboxylic acids is 2. The fourth-order valence-corrected chi connectivity index (χ4v) is 4.24. The number of carboxylic acids is 2. The van der Waals surface area contributed by atoms with Crippen molar-refractivity contribution < 1.29 is 38.6 Å². The normalized spacial score (nSPS) is 10.5. The average molecular weight is 605 g/mol. The van der Waals surface area contributed by atoms with Crippen LogP contribution in [0.5, 0.6) is 11.5 Å². The van der Waals surface area contributed by atoms with Crippen molar-refractivity contribution in [1.82, 2.24) is 15.0 Å². The molecule has 0 aliphatic rings. The van der Waals surface area contributed by atoms with Gasteiger partial charge in [0.05, 0.1) is 7.11 Å². The van der Waals surface area contributed by atoms with E-state index in [0.717, 1.165) is 41.9 Å². The lowest BCUT2D eigenvalue weighted by Gasteiger charge is -2.19. The molecule has 3 N–H and O–H groups in total. The fourth-order valence-electron chi connectivity index (χ4n) is 4.24. The Morgan fingerprint density at radius 1 is 0.886 bits per heavy atom. The summed E-state index contributed by atoms with van der Waals surface area (Å²) in [6.45, 7) is 11.4. The molecule has 0 aliphatic heterocycles. The van der Waals surface area contributed by atoms with E-state index in [4.69, 9.17) is 33.8 Å². The molecule has 0 aliphatic carbocycles. The van der Waals surface area contributed by atoms with Gasteiger partial charge in [0.1, 0.15) is 6.61 Å². The molecule has 0 unspecified atom stereocenters. The molecule has 4 rings (SSSR count). The summed E-state index contributed by atoms with van der Waals surface area (Å²) >= 11 is 0. The Kier molecular flexibility index (Phi) is 12.0. The molecule has 0 fully saturated rings. The number of aromatic nitrogens is 2. The summed E-state index contributed by atoms with van der Waals surface area (Å²) in [5.74, 6) is -1.52. The van der Waals surface area contributed by atoms with Gasteiger partial charge in [0, 0.05) is 36.3 Å². The van der Waals surface area contributed by atoms with Crippen LogP contribution in [0.2, 0.25) is 0 Å². The first-order chi connectivity index (χ1) is 21.1. The van der Waals surface area contributed by atoms with E-state index < -0.39 is 11.9 Å². The molecular weight excluding hydrogens is 568 g/mol. The highest BCUT2D eigenvalue weighted by Gasteiger charge is 2.13. The predicted molar refractivity (Wildman–Crippen MR) is 164 cm³/mol. The topological polar surface area (TPSA) is 164 Å². The number of nitrogens with one attached hydrogen (secondary N) is 1. The molecule has 0 spiro atoms. The van der Waals surface area contributed by atoms with Crippen LogP contribution in [0.4, 0.5) is 5.69 Å². The van der Waals surface area contributed by atoms with Gasteiger partial charge < -0.3 is 34.4 Å². The zero-order valence-corrected chi connectivity index (χ0v) is 25.3. The van der Waals surface area contributed by atoms with E-state index in [0.29, 0.717) is 41.1 Å². The Labute approximate surface area is 255 Å². The van der Waals surface area contributed by atoms with Gasteiger partial charge in [0.2, 0.25) is 11.7 Å². The fraction of sp³-hybridized carbons (Fsp3) is 0.281. The largest absolute Gasteiger partial charge is 0.493 e. The third kappa shape index (κ3) is 9.13. The first-order valence-electron chi connectivity index (χ1n) is 13.9. The summed E-state index contributed by atoms with van der Waals surface area (Å²) in [4.78, 5) is 37.7. The number of aryl methyl sites for hydroxylation is 2. The second-order valence-electron chi connectivity index (χ2n) is 9.55. The zero-order valence-electron chi connectivity index (χ0n) is 25.3. The van der Waals surface area contributed by atoms with Gasteiger partial charge in [-0.15, -0.1) is 0 Å². The summed E-state index contributed by atoms with van der Waals surface area (Å²) in [7, 11) is 1.60. The van der Waals surface area contributed by atoms with Gasteiger partial charge in [-0.1, -0.05) is 43.3 Å². The van der Waals surface area contributed by atoms with Gasteiger partial charge in [-0.05, 0) is 67.0 Å². The maximum atomic E-state index is 13.0. The van der Waals surface area contributed by atoms with E-state index in [1.54, 1.807) is 32.2 Å². The molecule has 0 saturated carbocycles. The Balaban J connectivity index is 0.000000801. The lowest BCUT2D eigenvalue weighted by molar-refractivity contribution is -0.159. The number of amides is 1. The van der Waals surface area contributed by atoms with Gasteiger partial charge in [-0.2, -0.15) is 4.98 Å². The van der Waals surface area contributed by atoms with Crippen molar-refractivity contribution in [2.75, 3.05) is 38.7 Å². The highest BCUT2D eigenvalue weighted by atomic mass is 16.5. The number of ether oxygens (including phenoxy) is 2. The quantitative estimate of drug-likeness (QED) is 0.194. The molecule has 0 bridgehead atoms. The molecule has 12 heteroatoms. The number of methoxy groups -OCH3 is 1. The van der Waals surface area contributed by atoms with Gasteiger partial charge in [-0.3, -0.25) is 4.79 Å². The number of nitrogens with zero attached hydrogens (tertiary/aromatic N) is 3. The van der Waals surface area contributed by atoms with Crippen LogP contribution in [0.3, 0.4) is 0 Å². The lowest BCUT2D eigenvalue weighted by atomic mass is 9.97. The van der Waals surface area contributed by atoms with E-state index in [1.165, 1.54) is 0 Å². The maximum absolute atomic E-state index is 13.0. The molecule has 12 nitrogen and oxygen atoms in total. The van der Waals surface area contributed by atoms with Crippen LogP contribution in [0, 0.1) is 13.8 Å². The highest BCUT2D eigenvalue weighted by molar-refractivity contribution is 6.27. The maximum Gasteiger partial charge on any atom is 0.414 e. The Morgan fingerprint density at radius 2 is 1.55 bits per heavy atom. The molecule has 3 aromatic carbocycles. The number of likely N-dealkylation sites (N-methyl/N-ethyl adjacent to an activating group) is 1. The SMILES string of the molecule is CCN(CC)CCOc1cc(NC(=O)c2ccc(-c3ccc(-c4noc(C)n4)cc3C)cc2)ccc1OC.O=C(O)C(=O)O. The molecular formula is C32H36N4O8. The average Bonchev–Trinajstić information content (AvgIpc) is 3.46. The summed E-state index contributed by atoms with van der Waals surface area (Å²) in [6.07, 6.45) is 0. The van der Waals surface area contributed by atoms with Crippen LogP contribution in [-0.2, 0) is 9.59 Å². The monoisotopic (exact) mass is 604 g/mol. The van der Waals surface area contributed by atoms with Crippen LogP contribution >= 0.6 is 0 Å². The van der Waals surface area contributed by atoms with E-state index in [2.05, 4.69) is 34.2 Å². The molecule has 1 amide bonds. The molecule has 0 radical (unpaired) electrons. The number of carbonyl (C=O) groups excluding carboxylic acids is 1. The molecule has 4 aromatic rings. The van der Waals surface area contributed by atoms with Gasteiger partial charge in [-0.25, -0.2) is 9.59 Å². The van der Waals surface area contributed by atoms with E-state index >= 15 is 0 Å². The zero-order chi connectivity index (χ0) is 32.2. The number of carboxylic acid groups (broad SMARTS) is 2. The number of hydrogen-bond donors (Lipinski definition) is 3. The minimum Gasteiger partial charge on any atom is -0.493 e. The van der Waals surface area contributed by atoms with E-state index in [1.807, 2.05) is 49.4 Å². The number of benzene rings is 3. The Morgan fingerprint density at radius 3 is 2.09 bits per heavy atom. The first-order valence-corrected chi connectivity index (χ1v) is 13.9. The van der Waals surface area contributed by atoms with Gasteiger partial charge in [0.25, 0.3) is 5.91 Å². The standard InChI is InChI=1S/C30H34N4O4.C2H2O4/c1-6-34(7-2)16-17-37-28-19-25(13-15-27(28)36-5)32-30(35)23-10-8-22(9-11-23)26-14-12-24(18-20(26)3)29-31-21(4)38-33-29;3-1(4)2(5)6/h8-15,18-19H,6-7,16-17H2,1-5H3,(H,32,35);(H,3,4)(H,5,6). The Hall–Kier alpha value is -5.23. The van der Waals surface area contributed by atoms with Crippen LogP contribution in [0.1, 0.15) is 35.7 Å². The van der Waals surface area contributed by atoms with Crippen molar-refractivity contribution in [1.29, 1.82) is 0 Å². The number of hydrogen-bond acceptors (Lipinski definition) is 9. The number of rotatable bonds is 11. The van der Waals surface area contributed by atoms with Crippen LogP contribution in [-0.4, -0.2) is 76.5 Å². The summed E-state index contributed by atoms with van der Waals surface area (Å²) < 4.78 is 16.5. The Bertz CT molecular complexity index is 1570. The second kappa shape index (κ2) is 15.8. The van der Waals surface area contributed by atoms with Crippen molar-refractivity contribution in [3.05, 3.63) is 77.7 Å². The molecule has 232 valence electrons. The highest BCUT2D eigenvalue weighted by Crippen LogP contribution is 2.31. The lowest BCUT2D eigenvalue weighted by Crippen LogP contribution is -2.28. The van der Waals surface area contributed by atoms with Crippen LogP contribution < -0.4 is 14.8 Å². The molecule has 1 heterocycles. The van der Waals surface area contributed by atoms with Crippen molar-refractivity contribution >= 4 is 23.5 Å². The summed E-state index contributed by atoms with van der Waals surface area (Å²) in [5, 5.41) is 21.7. The third-order valence-corrected chi connectivity index (χ3v) is 6.63. The number of carbonyl (C=O) groups is 3. The van der Waals surface area contributed by atoms with E-state index in [9.17, 15) is 4.79 Å². The van der Waals surface area contributed by atoms with Crippen molar-refractivity contribution in [3.63, 3.8) is 0 Å². The third-order valence-electron chi connectivity index (χ3n) is 6.63. The van der Waals surface area contributed by atoms with Crippen LogP contribution in [0.15, 0.2) is 65.2 Å². The van der Waals surface area contributed by atoms with Gasteiger partial charge in [0.15, 0.2) is 11.5 Å². The molecule has 0 saturated heterocycles. The van der Waals surface area contributed by atoms with Crippen LogP contribution in [0.25, 0.3) is 22.5 Å². The number of anilines is 1. The van der Waals surface area contributed by atoms with Gasteiger partial charge >= 0.3 is 11.9 Å². The second-order valence-corrected chi connectivity index (χ2v) is 9.55. The van der Waals surface area contributed by atoms with Crippen molar-refractivity contribution in [3.8, 4) is 34.0 Å². The summed E-state index contributed by atoms with van der Waals surface area (Å²) in [6, 6.07) is 19.0. The van der Waals surface area contributed by atoms with Crippen molar-refractivity contribution in [2.45, 2.75) is 27.7 Å². The van der Waals surface area contributed by atoms with E-state index in [-0.39, 0.29) is 5.91 Å². The van der Waals surface area contributed by atoms with Crippen molar-refractivity contribution in [2.24, 2.45) is 0 Å². The molecule has 0 atom stereocenters. The first kappa shape index (κ1) is 33.3. The smallest absolute Gasteiger partial charge is 0.414 e.